The summed E-state index contributed by atoms with van der Waals surface area (Å²) in [6.07, 6.45) is 3.78. The van der Waals surface area contributed by atoms with Gasteiger partial charge in [-0.25, -0.2) is 4.98 Å². The number of hydrogen-bond acceptors (Lipinski definition) is 4. The summed E-state index contributed by atoms with van der Waals surface area (Å²) in [5, 5.41) is 1.01. The molecule has 0 unspecified atom stereocenters. The molecule has 72 heavy (non-hydrogen) atoms. The zero-order chi connectivity index (χ0) is 59.0. The summed E-state index contributed by atoms with van der Waals surface area (Å²) in [4.78, 5) is 9.12. The fourth-order valence-corrected chi connectivity index (χ4v) is 10.8. The van der Waals surface area contributed by atoms with Crippen LogP contribution in [0.15, 0.2) is 194 Å². The molecule has 2 aromatic heterocycles. The van der Waals surface area contributed by atoms with Crippen molar-refractivity contribution in [1.29, 1.82) is 0 Å². The first-order valence-corrected chi connectivity index (χ1v) is 24.7. The molecule has 0 spiro atoms. The highest BCUT2D eigenvalue weighted by Gasteiger charge is 2.38. The summed E-state index contributed by atoms with van der Waals surface area (Å²) in [6.45, 7) is 13.3. The molecule has 12 rings (SSSR count). The van der Waals surface area contributed by atoms with E-state index in [4.69, 9.17) is 19.3 Å². The lowest BCUT2D eigenvalue weighted by Gasteiger charge is -2.42. The lowest BCUT2D eigenvalue weighted by atomic mass is 9.63. The minimum atomic E-state index is -2.44. The Morgan fingerprint density at radius 3 is 2.07 bits per heavy atom. The average Bonchev–Trinajstić information content (AvgIpc) is 3.15. The van der Waals surface area contributed by atoms with Crippen molar-refractivity contribution in [2.45, 2.75) is 84.4 Å². The summed E-state index contributed by atoms with van der Waals surface area (Å²) >= 11 is 0. The van der Waals surface area contributed by atoms with Crippen molar-refractivity contribution in [3.8, 4) is 50.7 Å². The van der Waals surface area contributed by atoms with Crippen molar-refractivity contribution >= 4 is 44.6 Å². The lowest BCUT2D eigenvalue weighted by Crippen LogP contribution is -2.33. The van der Waals surface area contributed by atoms with E-state index in [0.717, 1.165) is 46.6 Å². The smallest absolute Gasteiger partial charge is 0.137 e. The van der Waals surface area contributed by atoms with E-state index < -0.39 is 6.85 Å². The van der Waals surface area contributed by atoms with Crippen LogP contribution in [0, 0.1) is 6.85 Å². The van der Waals surface area contributed by atoms with E-state index in [1.54, 1.807) is 29.0 Å². The summed E-state index contributed by atoms with van der Waals surface area (Å²) in [5.41, 5.74) is 10.0. The van der Waals surface area contributed by atoms with Crippen LogP contribution in [0.5, 0.6) is 11.5 Å². The van der Waals surface area contributed by atoms with Gasteiger partial charge in [0.2, 0.25) is 0 Å². The Kier molecular flexibility index (Phi) is 8.21. The molecule has 1 aliphatic heterocycles. The summed E-state index contributed by atoms with van der Waals surface area (Å²) < 4.78 is 107. The molecule has 1 aliphatic carbocycles. The minimum Gasteiger partial charge on any atom is -0.457 e. The number of ether oxygens (including phenoxy) is 1. The van der Waals surface area contributed by atoms with Gasteiger partial charge in [0.25, 0.3) is 0 Å². The number of hydrogen-bond donors (Lipinski definition) is 0. The predicted octanol–water partition coefficient (Wildman–Crippen LogP) is 18.2. The average molecular weight is 950 g/mol. The fraction of sp³-hybridized carbons (Fsp3) is 0.209. The molecule has 3 heterocycles. The molecule has 0 saturated heterocycles. The third-order valence-corrected chi connectivity index (χ3v) is 14.8. The Hall–Kier alpha value is -7.89. The van der Waals surface area contributed by atoms with E-state index in [9.17, 15) is 5.48 Å². The molecule has 8 aromatic carbocycles. The van der Waals surface area contributed by atoms with Gasteiger partial charge in [-0.2, -0.15) is 0 Å². The number of pyridine rings is 1. The zero-order valence-corrected chi connectivity index (χ0v) is 41.7. The van der Waals surface area contributed by atoms with Crippen molar-refractivity contribution < 1.29 is 19.8 Å². The molecule has 0 radical (unpaired) electrons. The molecule has 0 bridgehead atoms. The lowest BCUT2D eigenvalue weighted by molar-refractivity contribution is 0.332. The van der Waals surface area contributed by atoms with E-state index >= 15 is 0 Å². The van der Waals surface area contributed by atoms with Crippen LogP contribution in [0.3, 0.4) is 0 Å². The quantitative estimate of drug-likeness (QED) is 0.152. The Bertz CT molecular complexity index is 4300. The largest absolute Gasteiger partial charge is 0.457 e. The topological polar surface area (TPSA) is 33.5 Å². The SMILES string of the molecule is [2H]c1c([2H])c(-c2cccc(-c3ccc4c(c3)C(C)(C)CCC4(C)C)c2N2CN(c3cccc(Oc4ccc5c6c([2H])c([2H])c([2H])c([2H])c6n(-c6cc(C(C)(C)C)ccn6)c5c4)c3)c3ccccc32)c([2H])c([2H])c1-c1cccc(C([2H])([2H])[2H])c1. The van der Waals surface area contributed by atoms with Gasteiger partial charge < -0.3 is 14.5 Å². The van der Waals surface area contributed by atoms with Crippen molar-refractivity contribution in [2.75, 3.05) is 16.5 Å². The first-order chi connectivity index (χ1) is 39.2. The maximum absolute atomic E-state index is 9.75. The first kappa shape index (κ1) is 34.4. The molecule has 5 nitrogen and oxygen atoms in total. The number of aromatic nitrogens is 2. The fourth-order valence-electron chi connectivity index (χ4n) is 10.8. The molecule has 0 saturated carbocycles. The van der Waals surface area contributed by atoms with Crippen LogP contribution in [0.4, 0.5) is 22.7 Å². The Morgan fingerprint density at radius 1 is 0.569 bits per heavy atom. The molecule has 0 amide bonds. The normalized spacial score (nSPS) is 17.3. The predicted molar refractivity (Wildman–Crippen MR) is 302 cm³/mol. The van der Waals surface area contributed by atoms with Crippen molar-refractivity contribution in [3.05, 3.63) is 216 Å². The monoisotopic (exact) mass is 950 g/mol. The van der Waals surface area contributed by atoms with E-state index in [1.165, 1.54) is 23.3 Å². The van der Waals surface area contributed by atoms with E-state index in [0.29, 0.717) is 50.4 Å². The summed E-state index contributed by atoms with van der Waals surface area (Å²) in [6, 6.07) is 41.8. The highest BCUT2D eigenvalue weighted by atomic mass is 16.5. The molecule has 5 heteroatoms. The molecule has 0 fully saturated rings. The molecule has 356 valence electrons. The molecular weight excluding hydrogens is 877 g/mol. The molecule has 10 aromatic rings. The van der Waals surface area contributed by atoms with E-state index in [2.05, 4.69) is 82.5 Å². The maximum atomic E-state index is 9.75. The Balaban J connectivity index is 0.992. The standard InChI is InChI=1S/C67H62N4O/c1-44-16-13-17-47(38-44)45-26-28-46(29-27-45)53-21-15-22-54(48-30-33-57-58(39-48)67(7,8)36-35-66(57,5)6)64(53)70-43-69(60-24-11-12-25-61(60)70)50-18-14-19-51(41-50)72-52-31-32-56-55-20-9-10-23-59(55)71(62(56)42-52)63-40-49(34-37-68-63)65(2,3)4/h9-34,37-42H,35-36,43H2,1-8H3/i1D3,9D,10D,20D,23D,26D,27D,28D,29D. The minimum absolute atomic E-state index is 0.0200. The van der Waals surface area contributed by atoms with Crippen LogP contribution < -0.4 is 14.5 Å². The number of benzene rings is 8. The molecule has 2 aliphatic rings. The third-order valence-electron chi connectivity index (χ3n) is 14.8. The molecule has 0 N–H and O–H groups in total. The molecular formula is C67H62N4O. The van der Waals surface area contributed by atoms with Crippen molar-refractivity contribution in [3.63, 3.8) is 0 Å². The number of anilines is 4. The van der Waals surface area contributed by atoms with Gasteiger partial charge in [0.15, 0.2) is 0 Å². The number of para-hydroxylation sites is 4. The Labute approximate surface area is 440 Å². The van der Waals surface area contributed by atoms with Crippen molar-refractivity contribution in [2.24, 2.45) is 0 Å². The van der Waals surface area contributed by atoms with Gasteiger partial charge in [-0.15, -0.1) is 0 Å². The van der Waals surface area contributed by atoms with Crippen LogP contribution >= 0.6 is 0 Å². The van der Waals surface area contributed by atoms with E-state index in [1.807, 2.05) is 84.9 Å². The Morgan fingerprint density at radius 2 is 1.28 bits per heavy atom. The van der Waals surface area contributed by atoms with Crippen LogP contribution in [-0.2, 0) is 16.2 Å². The van der Waals surface area contributed by atoms with Crippen LogP contribution in [0.25, 0.3) is 61.0 Å². The summed E-state index contributed by atoms with van der Waals surface area (Å²) in [5.74, 6) is 1.50. The second-order valence-corrected chi connectivity index (χ2v) is 21.5. The van der Waals surface area contributed by atoms with Crippen LogP contribution in [-0.4, -0.2) is 16.2 Å². The van der Waals surface area contributed by atoms with Gasteiger partial charge in [-0.1, -0.05) is 175 Å². The van der Waals surface area contributed by atoms with Gasteiger partial charge >= 0.3 is 0 Å². The second kappa shape index (κ2) is 17.2. The van der Waals surface area contributed by atoms with Gasteiger partial charge in [0, 0.05) is 50.0 Å². The van der Waals surface area contributed by atoms with Gasteiger partial charge in [-0.3, -0.25) is 4.57 Å². The summed E-state index contributed by atoms with van der Waals surface area (Å²) in [7, 11) is 0. The first-order valence-electron chi connectivity index (χ1n) is 30.2. The number of fused-ring (bicyclic) bond motifs is 5. The second-order valence-electron chi connectivity index (χ2n) is 21.5. The number of rotatable bonds is 8. The molecule has 0 atom stereocenters. The van der Waals surface area contributed by atoms with E-state index in [-0.39, 0.29) is 93.5 Å². The maximum Gasteiger partial charge on any atom is 0.137 e. The number of aryl methyl sites for hydroxylation is 1. The van der Waals surface area contributed by atoms with Gasteiger partial charge in [0.05, 0.1) is 39.1 Å². The van der Waals surface area contributed by atoms with Gasteiger partial charge in [0.1, 0.15) is 24.0 Å². The number of nitrogens with zero attached hydrogens (tertiary/aromatic N) is 4. The van der Waals surface area contributed by atoms with Gasteiger partial charge in [-0.05, 0) is 129 Å². The highest BCUT2D eigenvalue weighted by Crippen LogP contribution is 2.52. The van der Waals surface area contributed by atoms with Crippen molar-refractivity contribution in [1.82, 2.24) is 9.55 Å². The zero-order valence-electron chi connectivity index (χ0n) is 52.7. The third kappa shape index (κ3) is 7.92. The highest BCUT2D eigenvalue weighted by molar-refractivity contribution is 6.09. The van der Waals surface area contributed by atoms with Crippen LogP contribution in [0.1, 0.15) is 98.6 Å². The van der Waals surface area contributed by atoms with Crippen LogP contribution in [0.2, 0.25) is 0 Å².